The number of aryl methyl sites for hydroxylation is 2. The van der Waals surface area contributed by atoms with Crippen molar-refractivity contribution in [2.24, 2.45) is 18.9 Å². The molecule has 3 aromatic heterocycles. The molecule has 0 unspecified atom stereocenters. The van der Waals surface area contributed by atoms with Gasteiger partial charge in [-0.1, -0.05) is 52.0 Å². The first-order valence-corrected chi connectivity index (χ1v) is 11.5. The van der Waals surface area contributed by atoms with Crippen molar-refractivity contribution in [1.82, 2.24) is 9.38 Å². The molecular formula is C28H32N3+. The van der Waals surface area contributed by atoms with Gasteiger partial charge in [0.05, 0.1) is 18.0 Å². The number of para-hydroxylation sites is 3. The van der Waals surface area contributed by atoms with Crippen LogP contribution in [0.2, 0.25) is 0 Å². The number of aromatic nitrogens is 3. The standard InChI is InChI=1S/C28H32N3/c1-17(2)14-20-10-9-11-22-26-25(19(5)16-21(29-26)15-18(3)4)28-30(6)23-12-7-8-13-24(23)31(28)27(20)22/h7-13,16-18H,14-15H2,1-6H3/q+1. The van der Waals surface area contributed by atoms with Crippen LogP contribution < -0.4 is 4.57 Å². The molecule has 0 N–H and O–H groups in total. The van der Waals surface area contributed by atoms with Crippen LogP contribution in [0.5, 0.6) is 0 Å². The van der Waals surface area contributed by atoms with Gasteiger partial charge in [0.25, 0.3) is 5.65 Å². The highest BCUT2D eigenvalue weighted by molar-refractivity contribution is 6.12. The summed E-state index contributed by atoms with van der Waals surface area (Å²) in [5.74, 6) is 1.18. The lowest BCUT2D eigenvalue weighted by Crippen LogP contribution is -2.27. The van der Waals surface area contributed by atoms with Gasteiger partial charge in [0.15, 0.2) is 11.0 Å². The van der Waals surface area contributed by atoms with E-state index in [9.17, 15) is 0 Å². The van der Waals surface area contributed by atoms with E-state index in [-0.39, 0.29) is 0 Å². The van der Waals surface area contributed by atoms with Gasteiger partial charge in [-0.2, -0.15) is 4.40 Å². The zero-order chi connectivity index (χ0) is 21.9. The van der Waals surface area contributed by atoms with Crippen LogP contribution >= 0.6 is 0 Å². The summed E-state index contributed by atoms with van der Waals surface area (Å²) in [5, 5.41) is 2.52. The average molecular weight is 411 g/mol. The summed E-state index contributed by atoms with van der Waals surface area (Å²) in [4.78, 5) is 5.26. The number of pyridine rings is 2. The highest BCUT2D eigenvalue weighted by Crippen LogP contribution is 2.35. The number of hydrogen-bond acceptors (Lipinski definition) is 1. The summed E-state index contributed by atoms with van der Waals surface area (Å²) >= 11 is 0. The minimum atomic E-state index is 0.586. The Bertz CT molecular complexity index is 1450. The van der Waals surface area contributed by atoms with Gasteiger partial charge in [-0.25, -0.2) is 4.57 Å². The molecule has 5 aromatic rings. The molecule has 0 aliphatic carbocycles. The molecule has 0 atom stereocenters. The molecule has 0 saturated carbocycles. The first-order valence-electron chi connectivity index (χ1n) is 11.5. The quantitative estimate of drug-likeness (QED) is 0.251. The number of benzene rings is 2. The molecule has 0 radical (unpaired) electrons. The van der Waals surface area contributed by atoms with Gasteiger partial charge in [0.1, 0.15) is 5.52 Å². The maximum absolute atomic E-state index is 5.26. The molecule has 158 valence electrons. The van der Waals surface area contributed by atoms with Gasteiger partial charge < -0.3 is 0 Å². The van der Waals surface area contributed by atoms with Crippen LogP contribution in [0.3, 0.4) is 0 Å². The van der Waals surface area contributed by atoms with Crippen LogP contribution in [0.15, 0.2) is 48.5 Å². The first-order chi connectivity index (χ1) is 14.9. The van der Waals surface area contributed by atoms with E-state index >= 15 is 0 Å². The van der Waals surface area contributed by atoms with E-state index in [1.807, 2.05) is 0 Å². The third-order valence-corrected chi connectivity index (χ3v) is 6.35. The van der Waals surface area contributed by atoms with Gasteiger partial charge in [0, 0.05) is 16.6 Å². The third kappa shape index (κ3) is 3.10. The van der Waals surface area contributed by atoms with E-state index in [2.05, 4.69) is 99.2 Å². The molecule has 0 saturated heterocycles. The summed E-state index contributed by atoms with van der Waals surface area (Å²) in [6.45, 7) is 11.4. The monoisotopic (exact) mass is 410 g/mol. The fraction of sp³-hybridized carbons (Fsp3) is 0.357. The Morgan fingerprint density at radius 2 is 1.68 bits per heavy atom. The molecule has 3 heterocycles. The number of fused-ring (bicyclic) bond motifs is 8. The van der Waals surface area contributed by atoms with Crippen LogP contribution in [-0.2, 0) is 19.9 Å². The van der Waals surface area contributed by atoms with E-state index in [1.165, 1.54) is 49.8 Å². The fourth-order valence-corrected chi connectivity index (χ4v) is 5.21. The lowest BCUT2D eigenvalue weighted by molar-refractivity contribution is -0.617. The number of rotatable bonds is 4. The van der Waals surface area contributed by atoms with Crippen LogP contribution in [0.4, 0.5) is 0 Å². The lowest BCUT2D eigenvalue weighted by Gasteiger charge is -2.13. The van der Waals surface area contributed by atoms with E-state index < -0.39 is 0 Å². The van der Waals surface area contributed by atoms with Crippen LogP contribution in [0.1, 0.15) is 44.5 Å². The normalized spacial score (nSPS) is 12.4. The Hall–Kier alpha value is -2.94. The zero-order valence-electron chi connectivity index (χ0n) is 19.5. The van der Waals surface area contributed by atoms with Crippen molar-refractivity contribution in [3.05, 3.63) is 65.4 Å². The number of imidazole rings is 1. The predicted molar refractivity (Wildman–Crippen MR) is 131 cm³/mol. The van der Waals surface area contributed by atoms with Crippen molar-refractivity contribution in [1.29, 1.82) is 0 Å². The molecular weight excluding hydrogens is 378 g/mol. The summed E-state index contributed by atoms with van der Waals surface area (Å²) in [6.07, 6.45) is 2.06. The van der Waals surface area contributed by atoms with Crippen LogP contribution in [-0.4, -0.2) is 9.38 Å². The number of nitrogens with zero attached hydrogens (tertiary/aromatic N) is 3. The highest BCUT2D eigenvalue weighted by atomic mass is 15.1. The minimum Gasteiger partial charge on any atom is -0.252 e. The Labute approximate surface area is 184 Å². The second-order valence-electron chi connectivity index (χ2n) is 9.87. The largest absolute Gasteiger partial charge is 0.297 e. The summed E-state index contributed by atoms with van der Waals surface area (Å²) in [5.41, 5.74) is 10.1. The summed E-state index contributed by atoms with van der Waals surface area (Å²) in [6, 6.07) is 17.8. The molecule has 2 aromatic carbocycles. The SMILES string of the molecule is Cc1cc(CC(C)C)nc2c3cccc(CC(C)C)c3n3c4ccccc4[n+](C)c3c12. The molecule has 3 heteroatoms. The molecule has 31 heavy (non-hydrogen) atoms. The third-order valence-electron chi connectivity index (χ3n) is 6.35. The van der Waals surface area contributed by atoms with Crippen molar-refractivity contribution in [2.75, 3.05) is 0 Å². The maximum Gasteiger partial charge on any atom is 0.297 e. The molecule has 0 aliphatic rings. The molecule has 0 fully saturated rings. The van der Waals surface area contributed by atoms with Crippen molar-refractivity contribution in [3.8, 4) is 0 Å². The first kappa shape index (κ1) is 20.0. The molecule has 0 aliphatic heterocycles. The Morgan fingerprint density at radius 1 is 0.935 bits per heavy atom. The van der Waals surface area contributed by atoms with Crippen molar-refractivity contribution >= 4 is 38.5 Å². The van der Waals surface area contributed by atoms with E-state index in [0.717, 1.165) is 18.4 Å². The summed E-state index contributed by atoms with van der Waals surface area (Å²) in [7, 11) is 2.19. The van der Waals surface area contributed by atoms with Gasteiger partial charge in [-0.15, -0.1) is 0 Å². The van der Waals surface area contributed by atoms with Gasteiger partial charge >= 0.3 is 0 Å². The Morgan fingerprint density at radius 3 is 2.42 bits per heavy atom. The van der Waals surface area contributed by atoms with Crippen LogP contribution in [0.25, 0.3) is 38.5 Å². The zero-order valence-corrected chi connectivity index (χ0v) is 19.5. The second-order valence-corrected chi connectivity index (χ2v) is 9.87. The molecule has 0 bridgehead atoms. The van der Waals surface area contributed by atoms with Crippen LogP contribution in [0, 0.1) is 18.8 Å². The minimum absolute atomic E-state index is 0.586. The maximum atomic E-state index is 5.26. The number of hydrogen-bond donors (Lipinski definition) is 0. The predicted octanol–water partition coefficient (Wildman–Crippen LogP) is 6.32. The summed E-state index contributed by atoms with van der Waals surface area (Å²) < 4.78 is 4.83. The van der Waals surface area contributed by atoms with E-state index in [4.69, 9.17) is 4.98 Å². The van der Waals surface area contributed by atoms with E-state index in [1.54, 1.807) is 0 Å². The van der Waals surface area contributed by atoms with Crippen molar-refractivity contribution in [3.63, 3.8) is 0 Å². The lowest BCUT2D eigenvalue weighted by atomic mass is 9.97. The van der Waals surface area contributed by atoms with Gasteiger partial charge in [0.2, 0.25) is 0 Å². The molecule has 0 amide bonds. The highest BCUT2D eigenvalue weighted by Gasteiger charge is 2.26. The molecule has 3 nitrogen and oxygen atoms in total. The Balaban J connectivity index is 2.08. The van der Waals surface area contributed by atoms with Crippen molar-refractivity contribution in [2.45, 2.75) is 47.5 Å². The average Bonchev–Trinajstić information content (AvgIpc) is 3.00. The molecule has 0 spiro atoms. The second kappa shape index (κ2) is 7.33. The molecule has 5 rings (SSSR count). The smallest absolute Gasteiger partial charge is 0.252 e. The van der Waals surface area contributed by atoms with Crippen molar-refractivity contribution < 1.29 is 4.57 Å². The Kier molecular flexibility index (Phi) is 4.73. The topological polar surface area (TPSA) is 21.2 Å². The van der Waals surface area contributed by atoms with Gasteiger partial charge in [-0.05, 0) is 61.4 Å². The van der Waals surface area contributed by atoms with E-state index in [0.29, 0.717) is 11.8 Å². The van der Waals surface area contributed by atoms with Gasteiger partial charge in [-0.3, -0.25) is 4.98 Å². The fourth-order valence-electron chi connectivity index (χ4n) is 5.21.